The number of aromatic nitrogens is 3. The quantitative estimate of drug-likeness (QED) is 0.790. The Labute approximate surface area is 134 Å². The van der Waals surface area contributed by atoms with Gasteiger partial charge in [0.05, 0.1) is 0 Å². The Balaban J connectivity index is 1.67. The predicted molar refractivity (Wildman–Crippen MR) is 87.7 cm³/mol. The number of benzene rings is 2. The summed E-state index contributed by atoms with van der Waals surface area (Å²) in [5.41, 5.74) is 5.86. The van der Waals surface area contributed by atoms with Crippen LogP contribution in [-0.4, -0.2) is 22.0 Å². The van der Waals surface area contributed by atoms with E-state index in [1.165, 1.54) is 11.1 Å². The van der Waals surface area contributed by atoms with Gasteiger partial charge in [-0.1, -0.05) is 41.6 Å². The Kier molecular flexibility index (Phi) is 3.28. The maximum absolute atomic E-state index is 9.12. The van der Waals surface area contributed by atoms with Crippen LogP contribution in [0.5, 0.6) is 0 Å². The molecular formula is C18H15N5. The molecule has 0 aliphatic carbocycles. The van der Waals surface area contributed by atoms with E-state index in [2.05, 4.69) is 62.8 Å². The second-order valence-electron chi connectivity index (χ2n) is 5.64. The van der Waals surface area contributed by atoms with Crippen molar-refractivity contribution >= 4 is 5.69 Å². The van der Waals surface area contributed by atoms with Crippen molar-refractivity contribution in [3.05, 3.63) is 65.4 Å². The molecule has 0 radical (unpaired) electrons. The lowest BCUT2D eigenvalue weighted by molar-refractivity contribution is 0.732. The number of nitriles is 1. The van der Waals surface area contributed by atoms with Gasteiger partial charge in [-0.05, 0) is 29.7 Å². The first-order valence-electron chi connectivity index (χ1n) is 7.58. The summed E-state index contributed by atoms with van der Waals surface area (Å²) < 4.78 is 0. The van der Waals surface area contributed by atoms with Gasteiger partial charge in [0.1, 0.15) is 11.8 Å². The van der Waals surface area contributed by atoms with Crippen LogP contribution in [0.3, 0.4) is 0 Å². The van der Waals surface area contributed by atoms with E-state index in [1.54, 1.807) is 0 Å². The minimum atomic E-state index is 0.395. The third-order valence-electron chi connectivity index (χ3n) is 4.28. The normalized spacial score (nSPS) is 13.4. The summed E-state index contributed by atoms with van der Waals surface area (Å²) >= 11 is 0. The van der Waals surface area contributed by atoms with Crippen LogP contribution in [0.1, 0.15) is 16.8 Å². The van der Waals surface area contributed by atoms with Crippen molar-refractivity contribution < 1.29 is 0 Å². The van der Waals surface area contributed by atoms with Crippen molar-refractivity contribution in [2.24, 2.45) is 0 Å². The summed E-state index contributed by atoms with van der Waals surface area (Å²) in [5.74, 6) is 0. The third-order valence-corrected chi connectivity index (χ3v) is 4.28. The Morgan fingerprint density at radius 3 is 2.83 bits per heavy atom. The molecule has 0 amide bonds. The molecule has 5 heteroatoms. The summed E-state index contributed by atoms with van der Waals surface area (Å²) in [6, 6.07) is 18.8. The van der Waals surface area contributed by atoms with Gasteiger partial charge in [-0.3, -0.25) is 0 Å². The van der Waals surface area contributed by atoms with Crippen molar-refractivity contribution in [3.63, 3.8) is 0 Å². The molecule has 0 unspecified atom stereocenters. The summed E-state index contributed by atoms with van der Waals surface area (Å²) in [5, 5.41) is 19.5. The van der Waals surface area contributed by atoms with Crippen LogP contribution in [0.4, 0.5) is 5.69 Å². The third kappa shape index (κ3) is 2.44. The number of aromatic amines is 1. The van der Waals surface area contributed by atoms with Crippen LogP contribution in [0.15, 0.2) is 48.5 Å². The van der Waals surface area contributed by atoms with Crippen LogP contribution in [0.2, 0.25) is 0 Å². The molecule has 5 nitrogen and oxygen atoms in total. The number of nitrogens with zero attached hydrogens (tertiary/aromatic N) is 4. The highest BCUT2D eigenvalue weighted by Gasteiger charge is 2.17. The predicted octanol–water partition coefficient (Wildman–Crippen LogP) is 2.91. The fourth-order valence-corrected chi connectivity index (χ4v) is 3.07. The van der Waals surface area contributed by atoms with Crippen molar-refractivity contribution in [3.8, 4) is 17.3 Å². The summed E-state index contributed by atoms with van der Waals surface area (Å²) in [7, 11) is 0. The highest BCUT2D eigenvalue weighted by Crippen LogP contribution is 2.28. The minimum Gasteiger partial charge on any atom is -0.367 e. The van der Waals surface area contributed by atoms with Gasteiger partial charge in [-0.15, -0.1) is 5.10 Å². The molecule has 0 saturated carbocycles. The molecule has 1 aromatic heterocycles. The van der Waals surface area contributed by atoms with Crippen LogP contribution >= 0.6 is 0 Å². The number of H-pyrrole nitrogens is 1. The van der Waals surface area contributed by atoms with Gasteiger partial charge in [-0.25, -0.2) is 5.10 Å². The van der Waals surface area contributed by atoms with E-state index >= 15 is 0 Å². The molecule has 1 aliphatic rings. The molecular weight excluding hydrogens is 286 g/mol. The number of nitrogens with one attached hydrogen (secondary N) is 1. The standard InChI is InChI=1S/C18H15N5/c19-11-17-18(21-22-20-17)14-6-3-7-16(10-14)23-9-8-13-4-1-2-5-15(13)12-23/h1-7,10H,8-9,12H2,(H,20,21,22). The van der Waals surface area contributed by atoms with Gasteiger partial charge in [0.15, 0.2) is 5.69 Å². The zero-order valence-corrected chi connectivity index (χ0v) is 12.5. The molecule has 2 aromatic carbocycles. The van der Waals surface area contributed by atoms with Crippen LogP contribution in [-0.2, 0) is 13.0 Å². The number of anilines is 1. The van der Waals surface area contributed by atoms with Gasteiger partial charge in [0.2, 0.25) is 0 Å². The van der Waals surface area contributed by atoms with E-state index in [0.717, 1.165) is 30.8 Å². The van der Waals surface area contributed by atoms with Crippen LogP contribution < -0.4 is 4.90 Å². The topological polar surface area (TPSA) is 68.6 Å². The number of hydrogen-bond acceptors (Lipinski definition) is 4. The number of rotatable bonds is 2. The summed E-state index contributed by atoms with van der Waals surface area (Å²) in [6.07, 6.45) is 1.05. The highest BCUT2D eigenvalue weighted by molar-refractivity contribution is 5.69. The average molecular weight is 301 g/mol. The fraction of sp³-hybridized carbons (Fsp3) is 0.167. The van der Waals surface area contributed by atoms with Crippen molar-refractivity contribution in [2.75, 3.05) is 11.4 Å². The van der Waals surface area contributed by atoms with Gasteiger partial charge in [-0.2, -0.15) is 5.26 Å². The molecule has 3 aromatic rings. The van der Waals surface area contributed by atoms with E-state index in [9.17, 15) is 0 Å². The molecule has 0 saturated heterocycles. The minimum absolute atomic E-state index is 0.395. The lowest BCUT2D eigenvalue weighted by Crippen LogP contribution is -2.30. The maximum atomic E-state index is 9.12. The smallest absolute Gasteiger partial charge is 0.163 e. The molecule has 1 aliphatic heterocycles. The molecule has 4 rings (SSSR count). The van der Waals surface area contributed by atoms with Crippen molar-refractivity contribution in [1.82, 2.24) is 15.4 Å². The van der Waals surface area contributed by atoms with Gasteiger partial charge in [0, 0.05) is 24.3 Å². The van der Waals surface area contributed by atoms with E-state index < -0.39 is 0 Å². The van der Waals surface area contributed by atoms with Gasteiger partial charge < -0.3 is 4.90 Å². The average Bonchev–Trinajstić information content (AvgIpc) is 3.10. The molecule has 2 heterocycles. The first kappa shape index (κ1) is 13.5. The molecule has 23 heavy (non-hydrogen) atoms. The van der Waals surface area contributed by atoms with E-state index in [4.69, 9.17) is 5.26 Å². The first-order valence-corrected chi connectivity index (χ1v) is 7.58. The van der Waals surface area contributed by atoms with Gasteiger partial charge >= 0.3 is 0 Å². The van der Waals surface area contributed by atoms with Crippen LogP contribution in [0, 0.1) is 11.3 Å². The zero-order chi connectivity index (χ0) is 15.6. The zero-order valence-electron chi connectivity index (χ0n) is 12.5. The van der Waals surface area contributed by atoms with Gasteiger partial charge in [0.25, 0.3) is 0 Å². The molecule has 0 spiro atoms. The van der Waals surface area contributed by atoms with E-state index in [-0.39, 0.29) is 0 Å². The Morgan fingerprint density at radius 1 is 1.09 bits per heavy atom. The fourth-order valence-electron chi connectivity index (χ4n) is 3.07. The lowest BCUT2D eigenvalue weighted by Gasteiger charge is -2.31. The largest absolute Gasteiger partial charge is 0.367 e. The number of hydrogen-bond donors (Lipinski definition) is 1. The first-order chi connectivity index (χ1) is 11.3. The molecule has 0 atom stereocenters. The Hall–Kier alpha value is -3.13. The van der Waals surface area contributed by atoms with E-state index in [1.807, 2.05) is 12.1 Å². The Bertz CT molecular complexity index is 890. The summed E-state index contributed by atoms with van der Waals surface area (Å²) in [6.45, 7) is 1.90. The highest BCUT2D eigenvalue weighted by atomic mass is 15.3. The molecule has 1 N–H and O–H groups in total. The second kappa shape index (κ2) is 5.58. The maximum Gasteiger partial charge on any atom is 0.163 e. The monoisotopic (exact) mass is 301 g/mol. The summed E-state index contributed by atoms with van der Waals surface area (Å²) in [4.78, 5) is 2.36. The van der Waals surface area contributed by atoms with E-state index in [0.29, 0.717) is 11.4 Å². The van der Waals surface area contributed by atoms with Crippen molar-refractivity contribution in [1.29, 1.82) is 5.26 Å². The molecule has 0 bridgehead atoms. The van der Waals surface area contributed by atoms with Crippen LogP contribution in [0.25, 0.3) is 11.3 Å². The number of fused-ring (bicyclic) bond motifs is 1. The molecule has 112 valence electrons. The SMILES string of the molecule is N#Cc1[nH]nnc1-c1cccc(N2CCc3ccccc3C2)c1. The Morgan fingerprint density at radius 2 is 1.96 bits per heavy atom. The molecule has 0 fully saturated rings. The van der Waals surface area contributed by atoms with Crippen molar-refractivity contribution in [2.45, 2.75) is 13.0 Å². The second-order valence-corrected chi connectivity index (χ2v) is 5.64. The lowest BCUT2D eigenvalue weighted by atomic mass is 9.99.